The van der Waals surface area contributed by atoms with Gasteiger partial charge in [0.05, 0.1) is 12.5 Å². The van der Waals surface area contributed by atoms with Crippen LogP contribution in [-0.2, 0) is 16.6 Å². The molecule has 0 unspecified atom stereocenters. The summed E-state index contributed by atoms with van der Waals surface area (Å²) in [5.41, 5.74) is -0.291. The molecule has 31 heavy (non-hydrogen) atoms. The molecule has 1 aromatic carbocycles. The highest BCUT2D eigenvalue weighted by Gasteiger charge is 2.36. The van der Waals surface area contributed by atoms with Crippen LogP contribution in [0.15, 0.2) is 30.5 Å². The molecule has 162 valence electrons. The highest BCUT2D eigenvalue weighted by atomic mass is 19.1. The summed E-state index contributed by atoms with van der Waals surface area (Å²) >= 11 is 0. The summed E-state index contributed by atoms with van der Waals surface area (Å²) in [6.07, 6.45) is 3.90. The number of aromatic hydroxyl groups is 1. The Balaban J connectivity index is 1.70. The van der Waals surface area contributed by atoms with E-state index in [-0.39, 0.29) is 28.8 Å². The van der Waals surface area contributed by atoms with Gasteiger partial charge in [-0.25, -0.2) is 4.39 Å². The number of aromatic nitrogens is 1. The molecule has 3 N–H and O–H groups in total. The second-order valence-corrected chi connectivity index (χ2v) is 8.72. The van der Waals surface area contributed by atoms with Crippen LogP contribution in [0, 0.1) is 17.1 Å². The number of carbonyl (C=O) groups excluding carboxylic acids is 2. The maximum atomic E-state index is 14.6. The monoisotopic (exact) mass is 424 g/mol. The summed E-state index contributed by atoms with van der Waals surface area (Å²) in [6, 6.07) is 7.46. The van der Waals surface area contributed by atoms with Crippen molar-refractivity contribution in [2.75, 3.05) is 5.32 Å². The molecule has 0 saturated heterocycles. The molecule has 0 atom stereocenters. The van der Waals surface area contributed by atoms with Crippen molar-refractivity contribution in [1.29, 1.82) is 5.26 Å². The van der Waals surface area contributed by atoms with Crippen LogP contribution in [0.2, 0.25) is 0 Å². The quantitative estimate of drug-likeness (QED) is 0.656. The number of hydrogen-bond acceptors (Lipinski definition) is 5. The zero-order chi connectivity index (χ0) is 22.8. The van der Waals surface area contributed by atoms with E-state index in [1.165, 1.54) is 30.5 Å². The number of rotatable bonds is 6. The molecular weight excluding hydrogens is 399 g/mol. The van der Waals surface area contributed by atoms with Gasteiger partial charge in [-0.05, 0) is 56.4 Å². The van der Waals surface area contributed by atoms with Crippen LogP contribution in [0.5, 0.6) is 5.75 Å². The molecule has 7 nitrogen and oxygen atoms in total. The van der Waals surface area contributed by atoms with Gasteiger partial charge in [0.25, 0.3) is 5.91 Å². The predicted molar refractivity (Wildman–Crippen MR) is 113 cm³/mol. The van der Waals surface area contributed by atoms with E-state index in [1.54, 1.807) is 13.8 Å². The van der Waals surface area contributed by atoms with Gasteiger partial charge in [0, 0.05) is 23.0 Å². The lowest BCUT2D eigenvalue weighted by Crippen LogP contribution is -2.42. The van der Waals surface area contributed by atoms with Crippen LogP contribution in [0.4, 0.5) is 10.1 Å². The average Bonchev–Trinajstić information content (AvgIpc) is 2.68. The van der Waals surface area contributed by atoms with Crippen molar-refractivity contribution in [3.8, 4) is 11.8 Å². The number of hydrogen-bond donors (Lipinski definition) is 3. The fourth-order valence-corrected chi connectivity index (χ4v) is 3.59. The summed E-state index contributed by atoms with van der Waals surface area (Å²) in [7, 11) is 0. The minimum absolute atomic E-state index is 0.00521. The van der Waals surface area contributed by atoms with Gasteiger partial charge < -0.3 is 15.7 Å². The summed E-state index contributed by atoms with van der Waals surface area (Å²) in [6.45, 7) is 5.10. The van der Waals surface area contributed by atoms with Crippen LogP contribution in [0.25, 0.3) is 0 Å². The van der Waals surface area contributed by atoms with Crippen LogP contribution < -0.4 is 10.6 Å². The molecule has 0 aliphatic heterocycles. The molecule has 2 amide bonds. The van der Waals surface area contributed by atoms with Crippen LogP contribution in [0.3, 0.4) is 0 Å². The first kappa shape index (κ1) is 22.2. The van der Waals surface area contributed by atoms with E-state index in [2.05, 4.69) is 15.6 Å². The number of benzene rings is 1. The van der Waals surface area contributed by atoms with Crippen molar-refractivity contribution < 1.29 is 19.1 Å². The van der Waals surface area contributed by atoms with Gasteiger partial charge in [-0.15, -0.1) is 0 Å². The van der Waals surface area contributed by atoms with Gasteiger partial charge in [-0.2, -0.15) is 5.26 Å². The first-order chi connectivity index (χ1) is 14.5. The van der Waals surface area contributed by atoms with Gasteiger partial charge in [0.1, 0.15) is 22.8 Å². The van der Waals surface area contributed by atoms with Crippen molar-refractivity contribution >= 4 is 17.5 Å². The van der Waals surface area contributed by atoms with E-state index in [0.29, 0.717) is 11.3 Å². The van der Waals surface area contributed by atoms with E-state index in [4.69, 9.17) is 5.26 Å². The van der Waals surface area contributed by atoms with E-state index in [0.717, 1.165) is 19.3 Å². The van der Waals surface area contributed by atoms with Crippen molar-refractivity contribution in [2.45, 2.75) is 57.4 Å². The Morgan fingerprint density at radius 3 is 2.65 bits per heavy atom. The lowest BCUT2D eigenvalue weighted by molar-refractivity contribution is -0.115. The summed E-state index contributed by atoms with van der Waals surface area (Å²) in [5, 5.41) is 24.5. The third kappa shape index (κ3) is 5.00. The number of anilines is 1. The molecule has 0 radical (unpaired) electrons. The number of nitriles is 1. The SMILES string of the molecule is CC(C)(C#N)NC(=O)c1cc(NC(=O)Cc2cc(O)c(C3(C)CCC3)cc2F)ccn1. The van der Waals surface area contributed by atoms with Gasteiger partial charge in [-0.1, -0.05) is 13.3 Å². The predicted octanol–water partition coefficient (Wildman–Crippen LogP) is 3.58. The summed E-state index contributed by atoms with van der Waals surface area (Å²) in [4.78, 5) is 28.6. The number of halogens is 1. The summed E-state index contributed by atoms with van der Waals surface area (Å²) < 4.78 is 14.6. The van der Waals surface area contributed by atoms with Crippen molar-refractivity contribution in [2.24, 2.45) is 0 Å². The van der Waals surface area contributed by atoms with Gasteiger partial charge >= 0.3 is 0 Å². The Morgan fingerprint density at radius 1 is 1.32 bits per heavy atom. The summed E-state index contributed by atoms with van der Waals surface area (Å²) in [5.74, 6) is -1.60. The zero-order valence-electron chi connectivity index (χ0n) is 17.8. The number of nitrogens with zero attached hydrogens (tertiary/aromatic N) is 2. The third-order valence-electron chi connectivity index (χ3n) is 5.60. The maximum Gasteiger partial charge on any atom is 0.271 e. The number of phenolic OH excluding ortho intramolecular Hbond substituents is 1. The van der Waals surface area contributed by atoms with Crippen molar-refractivity contribution in [3.05, 3.63) is 53.1 Å². The number of pyridine rings is 1. The smallest absolute Gasteiger partial charge is 0.271 e. The molecule has 0 spiro atoms. The van der Waals surface area contributed by atoms with Gasteiger partial charge in [-0.3, -0.25) is 14.6 Å². The van der Waals surface area contributed by atoms with Gasteiger partial charge in [0.15, 0.2) is 0 Å². The maximum absolute atomic E-state index is 14.6. The molecule has 2 aromatic rings. The van der Waals surface area contributed by atoms with Crippen molar-refractivity contribution in [1.82, 2.24) is 10.3 Å². The largest absolute Gasteiger partial charge is 0.508 e. The molecule has 0 bridgehead atoms. The highest BCUT2D eigenvalue weighted by molar-refractivity contribution is 5.96. The van der Waals surface area contributed by atoms with E-state index < -0.39 is 23.2 Å². The van der Waals surface area contributed by atoms with Crippen LogP contribution in [0.1, 0.15) is 61.6 Å². The molecular formula is C23H25FN4O3. The molecule has 1 saturated carbocycles. The fraction of sp³-hybridized carbons (Fsp3) is 0.391. The second kappa shape index (κ2) is 8.34. The van der Waals surface area contributed by atoms with E-state index in [9.17, 15) is 19.1 Å². The fourth-order valence-electron chi connectivity index (χ4n) is 3.59. The minimum Gasteiger partial charge on any atom is -0.508 e. The van der Waals surface area contributed by atoms with Crippen molar-refractivity contribution in [3.63, 3.8) is 0 Å². The number of carbonyl (C=O) groups is 2. The lowest BCUT2D eigenvalue weighted by atomic mass is 9.65. The van der Waals surface area contributed by atoms with Gasteiger partial charge in [0.2, 0.25) is 5.91 Å². The Labute approximate surface area is 180 Å². The Hall–Kier alpha value is -3.47. The van der Waals surface area contributed by atoms with E-state index in [1.807, 2.05) is 13.0 Å². The molecule has 1 aliphatic rings. The number of phenols is 1. The Bertz CT molecular complexity index is 1070. The highest BCUT2D eigenvalue weighted by Crippen LogP contribution is 2.46. The Morgan fingerprint density at radius 2 is 2.03 bits per heavy atom. The number of nitrogens with one attached hydrogen (secondary N) is 2. The second-order valence-electron chi connectivity index (χ2n) is 8.72. The number of amides is 2. The first-order valence-electron chi connectivity index (χ1n) is 10.0. The molecule has 3 rings (SSSR count). The van der Waals surface area contributed by atoms with Crippen LogP contribution >= 0.6 is 0 Å². The van der Waals surface area contributed by atoms with E-state index >= 15 is 0 Å². The first-order valence-corrected chi connectivity index (χ1v) is 10.0. The van der Waals surface area contributed by atoms with Crippen LogP contribution in [-0.4, -0.2) is 27.4 Å². The molecule has 1 aromatic heterocycles. The normalized spacial score (nSPS) is 14.8. The molecule has 1 fully saturated rings. The standard InChI is InChI=1S/C23H25FN4O3/c1-22(2,13-25)28-21(31)18-11-15(5-8-26-18)27-20(30)10-14-9-19(29)16(12-17(14)24)23(3)6-4-7-23/h5,8-9,11-12,29H,4,6-7,10H2,1-3H3,(H,28,31)(H,26,27,30). The molecule has 1 aliphatic carbocycles. The molecule has 8 heteroatoms. The lowest BCUT2D eigenvalue weighted by Gasteiger charge is -2.39. The average molecular weight is 424 g/mol. The topological polar surface area (TPSA) is 115 Å². The Kier molecular flexibility index (Phi) is 5.98. The minimum atomic E-state index is -1.07. The molecule has 1 heterocycles. The zero-order valence-corrected chi connectivity index (χ0v) is 17.8. The third-order valence-corrected chi connectivity index (χ3v) is 5.60.